The fourth-order valence-electron chi connectivity index (χ4n) is 1.50. The van der Waals surface area contributed by atoms with Crippen LogP contribution in [0.2, 0.25) is 0 Å². The Bertz CT molecular complexity index is 133. The fraction of sp³-hybridized carbons (Fsp3) is 0.875. The van der Waals surface area contributed by atoms with Gasteiger partial charge < -0.3 is 0 Å². The highest BCUT2D eigenvalue weighted by Crippen LogP contribution is 2.29. The van der Waals surface area contributed by atoms with E-state index in [4.69, 9.17) is 0 Å². The number of ketones is 1. The molecule has 0 aromatic heterocycles. The molecule has 0 aromatic carbocycles. The molecule has 0 spiro atoms. The van der Waals surface area contributed by atoms with Crippen LogP contribution in [-0.2, 0) is 4.79 Å². The lowest BCUT2D eigenvalue weighted by Crippen LogP contribution is -2.27. The van der Waals surface area contributed by atoms with Crippen molar-refractivity contribution < 1.29 is 4.79 Å². The molecule has 1 aliphatic carbocycles. The molecule has 0 amide bonds. The lowest BCUT2D eigenvalue weighted by molar-refractivity contribution is -0.120. The van der Waals surface area contributed by atoms with E-state index in [1.807, 2.05) is 0 Å². The minimum absolute atomic E-state index is 0.159. The van der Waals surface area contributed by atoms with Gasteiger partial charge in [0.15, 0.2) is 0 Å². The van der Waals surface area contributed by atoms with Crippen molar-refractivity contribution in [3.8, 4) is 0 Å². The molecule has 0 bridgehead atoms. The summed E-state index contributed by atoms with van der Waals surface area (Å²) in [7, 11) is 0. The van der Waals surface area contributed by atoms with E-state index in [9.17, 15) is 4.79 Å². The molecule has 1 aliphatic rings. The molecule has 1 nitrogen and oxygen atoms in total. The third kappa shape index (κ3) is 1.60. The maximum atomic E-state index is 11.1. The maximum absolute atomic E-state index is 11.1. The Morgan fingerprint density at radius 2 is 2.40 bits per heavy atom. The summed E-state index contributed by atoms with van der Waals surface area (Å²) in [5.41, 5.74) is 0. The van der Waals surface area contributed by atoms with Crippen LogP contribution >= 0.6 is 15.9 Å². The van der Waals surface area contributed by atoms with Crippen molar-refractivity contribution >= 4 is 21.7 Å². The van der Waals surface area contributed by atoms with Crippen LogP contribution in [0, 0.1) is 5.92 Å². The van der Waals surface area contributed by atoms with Crippen molar-refractivity contribution in [2.24, 2.45) is 5.92 Å². The van der Waals surface area contributed by atoms with Crippen LogP contribution in [0.25, 0.3) is 0 Å². The average Bonchev–Trinajstić information content (AvgIpc) is 1.95. The second-order valence-electron chi connectivity index (χ2n) is 2.93. The van der Waals surface area contributed by atoms with Crippen LogP contribution in [0.15, 0.2) is 0 Å². The Kier molecular flexibility index (Phi) is 2.90. The summed E-state index contributed by atoms with van der Waals surface area (Å²) in [5.74, 6) is 0.999. The van der Waals surface area contributed by atoms with E-state index in [2.05, 4.69) is 22.9 Å². The third-order valence-corrected chi connectivity index (χ3v) is 3.50. The minimum Gasteiger partial charge on any atom is -0.298 e. The van der Waals surface area contributed by atoms with Gasteiger partial charge >= 0.3 is 0 Å². The third-order valence-electron chi connectivity index (χ3n) is 2.24. The number of Topliss-reactive ketones (excluding diaryl/α,β-unsaturated/α-hetero) is 1. The molecule has 0 saturated heterocycles. The first kappa shape index (κ1) is 8.25. The summed E-state index contributed by atoms with van der Waals surface area (Å²) < 4.78 is 0. The van der Waals surface area contributed by atoms with Gasteiger partial charge in [0.1, 0.15) is 5.78 Å². The molecule has 0 N–H and O–H groups in total. The lowest BCUT2D eigenvalue weighted by atomic mass is 9.86. The highest BCUT2D eigenvalue weighted by Gasteiger charge is 2.27. The molecular formula is C8H13BrO. The zero-order valence-electron chi connectivity index (χ0n) is 6.27. The number of carbonyl (C=O) groups is 1. The fourth-order valence-corrected chi connectivity index (χ4v) is 2.36. The van der Waals surface area contributed by atoms with E-state index < -0.39 is 0 Å². The summed E-state index contributed by atoms with van der Waals surface area (Å²) in [6.45, 7) is 2.15. The Balaban J connectivity index is 2.51. The minimum atomic E-state index is 0.159. The smallest absolute Gasteiger partial charge is 0.146 e. The van der Waals surface area contributed by atoms with Crippen LogP contribution in [0.3, 0.4) is 0 Å². The Morgan fingerprint density at radius 3 is 2.90 bits per heavy atom. The van der Waals surface area contributed by atoms with Crippen molar-refractivity contribution in [2.75, 3.05) is 0 Å². The van der Waals surface area contributed by atoms with Crippen molar-refractivity contribution in [3.63, 3.8) is 0 Å². The van der Waals surface area contributed by atoms with E-state index >= 15 is 0 Å². The molecule has 1 rings (SSSR count). The van der Waals surface area contributed by atoms with Gasteiger partial charge in [-0.15, -0.1) is 0 Å². The van der Waals surface area contributed by atoms with Gasteiger partial charge in [-0.2, -0.15) is 0 Å². The summed E-state index contributed by atoms with van der Waals surface area (Å²) >= 11 is 3.43. The number of hydrogen-bond donors (Lipinski definition) is 0. The molecule has 58 valence electrons. The second-order valence-corrected chi connectivity index (χ2v) is 3.92. The van der Waals surface area contributed by atoms with Gasteiger partial charge in [0.2, 0.25) is 0 Å². The molecule has 0 radical (unpaired) electrons. The van der Waals surface area contributed by atoms with Gasteiger partial charge in [0, 0.05) is 6.42 Å². The topological polar surface area (TPSA) is 17.1 Å². The van der Waals surface area contributed by atoms with E-state index in [0.717, 1.165) is 19.3 Å². The summed E-state index contributed by atoms with van der Waals surface area (Å²) in [6.07, 6.45) is 4.23. The Hall–Kier alpha value is 0.150. The van der Waals surface area contributed by atoms with Gasteiger partial charge in [0.05, 0.1) is 4.83 Å². The Labute approximate surface area is 70.3 Å². The lowest BCUT2D eigenvalue weighted by Gasteiger charge is -2.24. The highest BCUT2D eigenvalue weighted by molar-refractivity contribution is 9.10. The van der Waals surface area contributed by atoms with Crippen LogP contribution in [-0.4, -0.2) is 10.6 Å². The van der Waals surface area contributed by atoms with E-state index in [1.165, 1.54) is 6.42 Å². The number of carbonyl (C=O) groups excluding carboxylic acids is 1. The van der Waals surface area contributed by atoms with Gasteiger partial charge in [0.25, 0.3) is 0 Å². The first-order valence-corrected chi connectivity index (χ1v) is 4.84. The molecule has 0 aromatic rings. The monoisotopic (exact) mass is 204 g/mol. The van der Waals surface area contributed by atoms with Crippen molar-refractivity contribution in [3.05, 3.63) is 0 Å². The predicted molar refractivity (Wildman–Crippen MR) is 45.4 cm³/mol. The van der Waals surface area contributed by atoms with Crippen LogP contribution < -0.4 is 0 Å². The van der Waals surface area contributed by atoms with Crippen molar-refractivity contribution in [1.82, 2.24) is 0 Å². The van der Waals surface area contributed by atoms with Gasteiger partial charge in [-0.05, 0) is 18.8 Å². The molecular weight excluding hydrogens is 192 g/mol. The molecule has 10 heavy (non-hydrogen) atoms. The van der Waals surface area contributed by atoms with Crippen LogP contribution in [0.5, 0.6) is 0 Å². The standard InChI is InChI=1S/C8H13BrO/c1-2-6-4-3-5-7(10)8(6)9/h6,8H,2-5H2,1H3/t6-,8+/m0/s1. The summed E-state index contributed by atoms with van der Waals surface area (Å²) in [4.78, 5) is 11.3. The number of halogens is 1. The van der Waals surface area contributed by atoms with Crippen LogP contribution in [0.1, 0.15) is 32.6 Å². The zero-order valence-corrected chi connectivity index (χ0v) is 7.86. The summed E-state index contributed by atoms with van der Waals surface area (Å²) in [6, 6.07) is 0. The Morgan fingerprint density at radius 1 is 1.70 bits per heavy atom. The number of hydrogen-bond acceptors (Lipinski definition) is 1. The normalized spacial score (nSPS) is 34.4. The first-order chi connectivity index (χ1) is 4.75. The van der Waals surface area contributed by atoms with E-state index in [-0.39, 0.29) is 4.83 Å². The van der Waals surface area contributed by atoms with E-state index in [0.29, 0.717) is 11.7 Å². The van der Waals surface area contributed by atoms with Gasteiger partial charge in [-0.3, -0.25) is 4.79 Å². The molecule has 2 atom stereocenters. The van der Waals surface area contributed by atoms with Crippen molar-refractivity contribution in [1.29, 1.82) is 0 Å². The SMILES string of the molecule is CC[C@H]1CCCC(=O)[C@@H]1Br. The first-order valence-electron chi connectivity index (χ1n) is 3.92. The van der Waals surface area contributed by atoms with E-state index in [1.54, 1.807) is 0 Å². The number of alkyl halides is 1. The zero-order chi connectivity index (χ0) is 7.56. The summed E-state index contributed by atoms with van der Waals surface area (Å²) in [5, 5.41) is 0. The highest BCUT2D eigenvalue weighted by atomic mass is 79.9. The van der Waals surface area contributed by atoms with Gasteiger partial charge in [-0.25, -0.2) is 0 Å². The molecule has 0 heterocycles. The maximum Gasteiger partial charge on any atom is 0.146 e. The quantitative estimate of drug-likeness (QED) is 0.601. The molecule has 1 fully saturated rings. The van der Waals surface area contributed by atoms with Crippen molar-refractivity contribution in [2.45, 2.75) is 37.4 Å². The average molecular weight is 205 g/mol. The van der Waals surface area contributed by atoms with Gasteiger partial charge in [-0.1, -0.05) is 29.3 Å². The second kappa shape index (κ2) is 3.51. The molecule has 2 heteroatoms. The largest absolute Gasteiger partial charge is 0.298 e. The molecule has 0 aliphatic heterocycles. The molecule has 1 saturated carbocycles. The number of rotatable bonds is 1. The predicted octanol–water partition coefficient (Wildman–Crippen LogP) is 2.53. The van der Waals surface area contributed by atoms with Crippen LogP contribution in [0.4, 0.5) is 0 Å². The molecule has 0 unspecified atom stereocenters.